The third kappa shape index (κ3) is 2.96. The van der Waals surface area contributed by atoms with E-state index in [-0.39, 0.29) is 5.82 Å². The Morgan fingerprint density at radius 2 is 2.21 bits per heavy atom. The first-order chi connectivity index (χ1) is 9.02. The Balaban J connectivity index is 2.34. The number of hydrogen-bond donors (Lipinski definition) is 1. The van der Waals surface area contributed by atoms with Crippen molar-refractivity contribution in [1.82, 2.24) is 9.78 Å². The van der Waals surface area contributed by atoms with Crippen LogP contribution in [0.1, 0.15) is 11.3 Å². The molecular weight excluding hydrogens is 313 g/mol. The van der Waals surface area contributed by atoms with E-state index in [1.807, 2.05) is 6.92 Å². The van der Waals surface area contributed by atoms with Crippen LogP contribution < -0.4 is 10.5 Å². The molecular formula is C13H15BrFN3O. The van der Waals surface area contributed by atoms with Crippen LogP contribution in [0.2, 0.25) is 0 Å². The van der Waals surface area contributed by atoms with E-state index in [4.69, 9.17) is 10.5 Å². The Labute approximate surface area is 119 Å². The predicted molar refractivity (Wildman–Crippen MR) is 74.9 cm³/mol. The second-order valence-corrected chi connectivity index (χ2v) is 5.06. The van der Waals surface area contributed by atoms with Crippen LogP contribution >= 0.6 is 15.9 Å². The zero-order chi connectivity index (χ0) is 14.0. The van der Waals surface area contributed by atoms with Crippen LogP contribution in [0.15, 0.2) is 22.7 Å². The van der Waals surface area contributed by atoms with E-state index in [1.165, 1.54) is 6.07 Å². The largest absolute Gasteiger partial charge is 0.439 e. The molecule has 0 atom stereocenters. The molecule has 0 aliphatic rings. The third-order valence-corrected chi connectivity index (χ3v) is 3.43. The molecule has 1 heterocycles. The lowest BCUT2D eigenvalue weighted by atomic mass is 10.2. The Bertz CT molecular complexity index is 598. The van der Waals surface area contributed by atoms with E-state index in [1.54, 1.807) is 23.9 Å². The second kappa shape index (κ2) is 5.71. The molecule has 6 heteroatoms. The molecule has 4 nitrogen and oxygen atoms in total. The summed E-state index contributed by atoms with van der Waals surface area (Å²) in [6.45, 7) is 2.41. The molecule has 1 aromatic carbocycles. The van der Waals surface area contributed by atoms with Crippen LogP contribution in [0.5, 0.6) is 11.6 Å². The molecule has 2 aromatic rings. The quantitative estimate of drug-likeness (QED) is 0.939. The van der Waals surface area contributed by atoms with Crippen molar-refractivity contribution in [1.29, 1.82) is 0 Å². The first-order valence-electron chi connectivity index (χ1n) is 5.88. The highest BCUT2D eigenvalue weighted by Crippen LogP contribution is 2.29. The number of nitrogens with two attached hydrogens (primary N) is 1. The number of benzene rings is 1. The van der Waals surface area contributed by atoms with Gasteiger partial charge in [-0.15, -0.1) is 0 Å². The Morgan fingerprint density at radius 1 is 1.47 bits per heavy atom. The second-order valence-electron chi connectivity index (χ2n) is 4.21. The summed E-state index contributed by atoms with van der Waals surface area (Å²) in [6.07, 6.45) is 0.675. The van der Waals surface area contributed by atoms with Gasteiger partial charge in [-0.05, 0) is 48.0 Å². The maximum atomic E-state index is 13.5. The summed E-state index contributed by atoms with van der Waals surface area (Å²) >= 11 is 3.11. The molecule has 0 aliphatic heterocycles. The first kappa shape index (κ1) is 14.0. The number of hydrogen-bond acceptors (Lipinski definition) is 3. The lowest BCUT2D eigenvalue weighted by molar-refractivity contribution is 0.422. The lowest BCUT2D eigenvalue weighted by Gasteiger charge is -2.09. The summed E-state index contributed by atoms with van der Waals surface area (Å²) in [6, 6.07) is 4.64. The van der Waals surface area contributed by atoms with Crippen molar-refractivity contribution in [2.45, 2.75) is 13.3 Å². The van der Waals surface area contributed by atoms with Crippen molar-refractivity contribution >= 4 is 15.9 Å². The molecule has 1 aromatic heterocycles. The molecule has 0 saturated heterocycles. The summed E-state index contributed by atoms with van der Waals surface area (Å²) in [5, 5.41) is 4.30. The van der Waals surface area contributed by atoms with Crippen LogP contribution in [0.25, 0.3) is 0 Å². The first-order valence-corrected chi connectivity index (χ1v) is 6.67. The van der Waals surface area contributed by atoms with Crippen molar-refractivity contribution in [3.63, 3.8) is 0 Å². The normalized spacial score (nSPS) is 10.8. The minimum atomic E-state index is -0.364. The lowest BCUT2D eigenvalue weighted by Crippen LogP contribution is -2.05. The Hall–Kier alpha value is -1.40. The number of ether oxygens (including phenoxy) is 1. The monoisotopic (exact) mass is 327 g/mol. The fraction of sp³-hybridized carbons (Fsp3) is 0.308. The topological polar surface area (TPSA) is 53.1 Å². The zero-order valence-electron chi connectivity index (χ0n) is 10.8. The predicted octanol–water partition coefficient (Wildman–Crippen LogP) is 2.92. The molecule has 102 valence electrons. The smallest absolute Gasteiger partial charge is 0.221 e. The van der Waals surface area contributed by atoms with Crippen molar-refractivity contribution < 1.29 is 9.13 Å². The number of nitrogens with zero attached hydrogens (tertiary/aromatic N) is 2. The standard InChI is InChI=1S/C13H15BrFN3O/c1-8-10(5-6-16)13(18(2)17-8)19-9-3-4-11(14)12(15)7-9/h3-4,7H,5-6,16H2,1-2H3. The zero-order valence-corrected chi connectivity index (χ0v) is 12.4. The van der Waals surface area contributed by atoms with Gasteiger partial charge < -0.3 is 10.5 Å². The van der Waals surface area contributed by atoms with Gasteiger partial charge in [0.25, 0.3) is 0 Å². The van der Waals surface area contributed by atoms with Crippen molar-refractivity contribution in [2.24, 2.45) is 12.8 Å². The molecule has 0 bridgehead atoms. The summed E-state index contributed by atoms with van der Waals surface area (Å²) in [5.41, 5.74) is 7.41. The van der Waals surface area contributed by atoms with Crippen molar-refractivity contribution in [3.8, 4) is 11.6 Å². The van der Waals surface area contributed by atoms with Crippen LogP contribution in [0.4, 0.5) is 4.39 Å². The van der Waals surface area contributed by atoms with Crippen LogP contribution in [0, 0.1) is 12.7 Å². The minimum absolute atomic E-state index is 0.364. The van der Waals surface area contributed by atoms with E-state index in [2.05, 4.69) is 21.0 Å². The maximum Gasteiger partial charge on any atom is 0.221 e. The molecule has 0 amide bonds. The fourth-order valence-corrected chi connectivity index (χ4v) is 2.14. The Morgan fingerprint density at radius 3 is 2.84 bits per heavy atom. The van der Waals surface area contributed by atoms with Crippen molar-refractivity contribution in [3.05, 3.63) is 39.7 Å². The van der Waals surface area contributed by atoms with Gasteiger partial charge in [0.15, 0.2) is 0 Å². The highest BCUT2D eigenvalue weighted by atomic mass is 79.9. The molecule has 19 heavy (non-hydrogen) atoms. The van der Waals surface area contributed by atoms with Crippen LogP contribution in [-0.4, -0.2) is 16.3 Å². The maximum absolute atomic E-state index is 13.5. The molecule has 0 saturated carbocycles. The highest BCUT2D eigenvalue weighted by Gasteiger charge is 2.15. The fourth-order valence-electron chi connectivity index (χ4n) is 1.89. The summed E-state index contributed by atoms with van der Waals surface area (Å²) in [7, 11) is 1.79. The highest BCUT2D eigenvalue weighted by molar-refractivity contribution is 9.10. The van der Waals surface area contributed by atoms with Crippen molar-refractivity contribution in [2.75, 3.05) is 6.54 Å². The summed E-state index contributed by atoms with van der Waals surface area (Å²) < 4.78 is 21.2. The molecule has 0 fully saturated rings. The van der Waals surface area contributed by atoms with Gasteiger partial charge in [0.2, 0.25) is 5.88 Å². The van der Waals surface area contributed by atoms with Gasteiger partial charge in [-0.2, -0.15) is 5.10 Å². The van der Waals surface area contributed by atoms with Crippen LogP contribution in [0.3, 0.4) is 0 Å². The average molecular weight is 328 g/mol. The number of aryl methyl sites for hydroxylation is 2. The molecule has 2 rings (SSSR count). The Kier molecular flexibility index (Phi) is 4.21. The average Bonchev–Trinajstić information content (AvgIpc) is 2.61. The molecule has 0 spiro atoms. The number of aromatic nitrogens is 2. The number of halogens is 2. The van der Waals surface area contributed by atoms with Gasteiger partial charge >= 0.3 is 0 Å². The molecule has 0 radical (unpaired) electrons. The summed E-state index contributed by atoms with van der Waals surface area (Å²) in [5.74, 6) is 0.670. The van der Waals surface area contributed by atoms with E-state index >= 15 is 0 Å². The van der Waals surface area contributed by atoms with Gasteiger partial charge in [-0.25, -0.2) is 9.07 Å². The molecule has 0 unspecified atom stereocenters. The summed E-state index contributed by atoms with van der Waals surface area (Å²) in [4.78, 5) is 0. The van der Waals surface area contributed by atoms with Gasteiger partial charge in [0, 0.05) is 18.7 Å². The van der Waals surface area contributed by atoms with E-state index in [9.17, 15) is 4.39 Å². The SMILES string of the molecule is Cc1nn(C)c(Oc2ccc(Br)c(F)c2)c1CCN. The van der Waals surface area contributed by atoms with E-state index in [0.29, 0.717) is 29.1 Å². The van der Waals surface area contributed by atoms with E-state index < -0.39 is 0 Å². The minimum Gasteiger partial charge on any atom is -0.439 e. The van der Waals surface area contributed by atoms with Gasteiger partial charge in [0.05, 0.1) is 10.2 Å². The van der Waals surface area contributed by atoms with Gasteiger partial charge in [0.1, 0.15) is 11.6 Å². The van der Waals surface area contributed by atoms with Gasteiger partial charge in [-0.3, -0.25) is 0 Å². The number of rotatable bonds is 4. The van der Waals surface area contributed by atoms with E-state index in [0.717, 1.165) is 11.3 Å². The molecule has 2 N–H and O–H groups in total. The third-order valence-electron chi connectivity index (χ3n) is 2.79. The molecule has 0 aliphatic carbocycles. The van der Waals surface area contributed by atoms with Gasteiger partial charge in [-0.1, -0.05) is 0 Å². The van der Waals surface area contributed by atoms with Crippen LogP contribution in [-0.2, 0) is 13.5 Å².